The number of piperidine rings is 1. The number of fused-ring (bicyclic) bond motifs is 1. The first-order chi connectivity index (χ1) is 23.4. The van der Waals surface area contributed by atoms with E-state index in [1.165, 1.54) is 24.6 Å². The van der Waals surface area contributed by atoms with Gasteiger partial charge in [-0.05, 0) is 91.6 Å². The maximum atomic E-state index is 13.9. The zero-order valence-corrected chi connectivity index (χ0v) is 27.5. The van der Waals surface area contributed by atoms with Crippen molar-refractivity contribution in [3.63, 3.8) is 0 Å². The number of nitrogens with one attached hydrogen (secondary N) is 1. The molecule has 0 atom stereocenters. The number of methoxy groups -OCH3 is 1. The molecule has 0 radical (unpaired) electrons. The molecule has 246 valence electrons. The van der Waals surface area contributed by atoms with E-state index in [1.54, 1.807) is 12.0 Å². The molecular formula is C39H41N5O4. The number of nitrogens with two attached hydrogens (primary N) is 1. The molecular weight excluding hydrogens is 602 g/mol. The first-order valence-corrected chi connectivity index (χ1v) is 16.6. The van der Waals surface area contributed by atoms with Gasteiger partial charge >= 0.3 is 0 Å². The molecule has 48 heavy (non-hydrogen) atoms. The summed E-state index contributed by atoms with van der Waals surface area (Å²) in [5, 5.41) is 0. The number of nitrogens with zero attached hydrogens (tertiary/aromatic N) is 3. The van der Waals surface area contributed by atoms with Crippen molar-refractivity contribution in [2.24, 2.45) is 4.99 Å². The van der Waals surface area contributed by atoms with Gasteiger partial charge in [0.15, 0.2) is 0 Å². The molecule has 4 aromatic rings. The van der Waals surface area contributed by atoms with Gasteiger partial charge in [0, 0.05) is 54.5 Å². The van der Waals surface area contributed by atoms with Gasteiger partial charge in [0.2, 0.25) is 0 Å². The maximum absolute atomic E-state index is 13.9. The quantitative estimate of drug-likeness (QED) is 0.207. The summed E-state index contributed by atoms with van der Waals surface area (Å²) in [4.78, 5) is 38.7. The molecule has 0 unspecified atom stereocenters. The number of carbonyl (C=O) groups excluding carboxylic acids is 2. The van der Waals surface area contributed by atoms with Gasteiger partial charge in [-0.1, -0.05) is 36.9 Å². The van der Waals surface area contributed by atoms with Crippen LogP contribution in [0, 0.1) is 6.92 Å². The second-order valence-corrected chi connectivity index (χ2v) is 12.8. The first kappa shape index (κ1) is 31.4. The van der Waals surface area contributed by atoms with Crippen LogP contribution in [0.1, 0.15) is 74.6 Å². The Balaban J connectivity index is 1.15. The Morgan fingerprint density at radius 2 is 1.79 bits per heavy atom. The van der Waals surface area contributed by atoms with Crippen molar-refractivity contribution in [1.82, 2.24) is 9.88 Å². The van der Waals surface area contributed by atoms with Crippen molar-refractivity contribution in [1.29, 1.82) is 0 Å². The van der Waals surface area contributed by atoms with Crippen LogP contribution in [0.2, 0.25) is 0 Å². The van der Waals surface area contributed by atoms with Gasteiger partial charge in [-0.2, -0.15) is 0 Å². The molecule has 3 heterocycles. The minimum Gasteiger partial charge on any atom is -0.491 e. The highest BCUT2D eigenvalue weighted by Gasteiger charge is 2.30. The molecule has 9 nitrogen and oxygen atoms in total. The summed E-state index contributed by atoms with van der Waals surface area (Å²) in [6.45, 7) is 8.07. The third-order valence-electron chi connectivity index (χ3n) is 9.78. The summed E-state index contributed by atoms with van der Waals surface area (Å²) in [5.41, 5.74) is 14.6. The van der Waals surface area contributed by atoms with Gasteiger partial charge in [-0.25, -0.2) is 0 Å². The Hall–Kier alpha value is -5.15. The molecule has 2 amide bonds. The molecule has 1 saturated carbocycles. The van der Waals surface area contributed by atoms with Crippen LogP contribution >= 0.6 is 0 Å². The van der Waals surface area contributed by atoms with Crippen molar-refractivity contribution < 1.29 is 19.1 Å². The van der Waals surface area contributed by atoms with Crippen LogP contribution in [0.15, 0.2) is 84.5 Å². The number of ether oxygens (including phenoxy) is 2. The van der Waals surface area contributed by atoms with Crippen molar-refractivity contribution in [2.75, 3.05) is 44.0 Å². The normalized spacial score (nSPS) is 17.1. The predicted molar refractivity (Wildman–Crippen MR) is 189 cm³/mol. The lowest BCUT2D eigenvalue weighted by Crippen LogP contribution is -2.40. The third kappa shape index (κ3) is 6.02. The number of aromatic amines is 1. The van der Waals surface area contributed by atoms with Crippen LogP contribution in [0.5, 0.6) is 5.75 Å². The van der Waals surface area contributed by atoms with Crippen LogP contribution in [0.3, 0.4) is 0 Å². The van der Waals surface area contributed by atoms with Crippen LogP contribution in [0.4, 0.5) is 11.5 Å². The minimum atomic E-state index is -0.0860. The standard InChI is InChI=1S/C39H41N5O4/c1-4-41-36(32-23-33(42-37(32)40)26-10-12-27(13-11-26)38(45)43-18-16-29(47-3)17-19-43)30-6-5-7-34(24(30)2)44-20-21-48-35-22-28(25-8-9-25)14-15-31(35)39(44)46/h4-7,10-15,22-23,25,29,42H,1,8-9,16-21,40H2,2-3H3/b41-36-. The zero-order chi connectivity index (χ0) is 33.4. The summed E-state index contributed by atoms with van der Waals surface area (Å²) in [6.07, 6.45) is 5.79. The summed E-state index contributed by atoms with van der Waals surface area (Å²) in [7, 11) is 1.72. The van der Waals surface area contributed by atoms with Gasteiger partial charge in [0.1, 0.15) is 18.2 Å². The molecule has 3 aliphatic rings. The summed E-state index contributed by atoms with van der Waals surface area (Å²) in [5.74, 6) is 1.63. The predicted octanol–water partition coefficient (Wildman–Crippen LogP) is 6.72. The average molecular weight is 644 g/mol. The molecule has 7 rings (SSSR count). The van der Waals surface area contributed by atoms with Gasteiger partial charge in [0.25, 0.3) is 11.8 Å². The number of benzene rings is 3. The molecule has 3 N–H and O–H groups in total. The number of nitrogen functional groups attached to an aromatic ring is 1. The Labute approximate surface area is 281 Å². The number of H-pyrrole nitrogens is 1. The average Bonchev–Trinajstić information content (AvgIpc) is 3.92. The molecule has 2 fully saturated rings. The van der Waals surface area contributed by atoms with Gasteiger partial charge < -0.3 is 30.0 Å². The van der Waals surface area contributed by atoms with Crippen LogP contribution in [-0.4, -0.2) is 66.9 Å². The molecule has 0 spiro atoms. The number of carbonyl (C=O) groups is 2. The number of likely N-dealkylation sites (tertiary alicyclic amines) is 1. The van der Waals surface area contributed by atoms with E-state index in [2.05, 4.69) is 22.6 Å². The van der Waals surface area contributed by atoms with Gasteiger partial charge in [0.05, 0.1) is 23.9 Å². The highest BCUT2D eigenvalue weighted by Crippen LogP contribution is 2.42. The van der Waals surface area contributed by atoms with E-state index in [4.69, 9.17) is 15.2 Å². The number of anilines is 2. The Morgan fingerprint density at radius 1 is 1.02 bits per heavy atom. The lowest BCUT2D eigenvalue weighted by atomic mass is 9.96. The van der Waals surface area contributed by atoms with E-state index < -0.39 is 0 Å². The van der Waals surface area contributed by atoms with E-state index >= 15 is 0 Å². The van der Waals surface area contributed by atoms with E-state index in [9.17, 15) is 9.59 Å². The molecule has 1 aliphatic carbocycles. The molecule has 3 aromatic carbocycles. The van der Waals surface area contributed by atoms with E-state index in [0.717, 1.165) is 46.5 Å². The fraction of sp³-hybridized carbons (Fsp3) is 0.308. The SMILES string of the molecule is C=C/N=C(\c1cc(-c2ccc(C(=O)N3CCC(OC)CC3)cc2)[nH]c1N)c1cccc(N2CCOc3cc(C4CC4)ccc3C2=O)c1C. The van der Waals surface area contributed by atoms with Crippen molar-refractivity contribution in [3.05, 3.63) is 113 Å². The summed E-state index contributed by atoms with van der Waals surface area (Å²) < 4.78 is 11.5. The van der Waals surface area contributed by atoms with E-state index in [0.29, 0.717) is 60.6 Å². The number of hydrogen-bond donors (Lipinski definition) is 2. The third-order valence-corrected chi connectivity index (χ3v) is 9.78. The van der Waals surface area contributed by atoms with Crippen LogP contribution in [0.25, 0.3) is 11.3 Å². The molecule has 1 aromatic heterocycles. The fourth-order valence-electron chi connectivity index (χ4n) is 6.87. The zero-order valence-electron chi connectivity index (χ0n) is 27.5. The monoisotopic (exact) mass is 643 g/mol. The largest absolute Gasteiger partial charge is 0.491 e. The van der Waals surface area contributed by atoms with E-state index in [1.807, 2.05) is 72.5 Å². The number of amides is 2. The minimum absolute atomic E-state index is 0.0273. The maximum Gasteiger partial charge on any atom is 0.262 e. The number of hydrogen-bond acceptors (Lipinski definition) is 6. The Bertz CT molecular complexity index is 1900. The molecule has 0 bridgehead atoms. The second-order valence-electron chi connectivity index (χ2n) is 12.8. The number of rotatable bonds is 8. The lowest BCUT2D eigenvalue weighted by Gasteiger charge is -2.31. The highest BCUT2D eigenvalue weighted by atomic mass is 16.5. The molecule has 1 saturated heterocycles. The topological polar surface area (TPSA) is 113 Å². The van der Waals surface area contributed by atoms with Crippen molar-refractivity contribution >= 4 is 29.0 Å². The lowest BCUT2D eigenvalue weighted by molar-refractivity contribution is 0.0350. The van der Waals surface area contributed by atoms with Gasteiger partial charge in [-0.15, -0.1) is 0 Å². The Morgan fingerprint density at radius 3 is 2.50 bits per heavy atom. The number of aliphatic imine (C=N–C) groups is 1. The fourth-order valence-corrected chi connectivity index (χ4v) is 6.87. The van der Waals surface area contributed by atoms with Gasteiger partial charge in [-0.3, -0.25) is 14.6 Å². The molecule has 2 aliphatic heterocycles. The molecule has 9 heteroatoms. The van der Waals surface area contributed by atoms with Crippen molar-refractivity contribution in [2.45, 2.75) is 44.6 Å². The number of aromatic nitrogens is 1. The summed E-state index contributed by atoms with van der Waals surface area (Å²) >= 11 is 0. The summed E-state index contributed by atoms with van der Waals surface area (Å²) in [6, 6.07) is 21.4. The second kappa shape index (κ2) is 13.2. The smallest absolute Gasteiger partial charge is 0.262 e. The van der Waals surface area contributed by atoms with Crippen LogP contribution in [-0.2, 0) is 4.74 Å². The van der Waals surface area contributed by atoms with Crippen LogP contribution < -0.4 is 15.4 Å². The van der Waals surface area contributed by atoms with E-state index in [-0.39, 0.29) is 17.9 Å². The highest BCUT2D eigenvalue weighted by molar-refractivity contribution is 6.18. The first-order valence-electron chi connectivity index (χ1n) is 16.6. The van der Waals surface area contributed by atoms with Crippen molar-refractivity contribution in [3.8, 4) is 17.0 Å². The Kier molecular flexibility index (Phi) is 8.62.